The van der Waals surface area contributed by atoms with E-state index in [1.807, 2.05) is 0 Å². The van der Waals surface area contributed by atoms with E-state index in [4.69, 9.17) is 5.53 Å². The van der Waals surface area contributed by atoms with Crippen molar-refractivity contribution < 1.29 is 4.39 Å². The number of azide groups is 1. The molecular formula is CHFN4. The summed E-state index contributed by atoms with van der Waals surface area (Å²) in [5.41, 5.74) is 7.38. The lowest BCUT2D eigenvalue weighted by Crippen LogP contribution is -1.43. The Morgan fingerprint density at radius 2 is 2.50 bits per heavy atom. The van der Waals surface area contributed by atoms with Gasteiger partial charge in [0.05, 0.1) is 0 Å². The van der Waals surface area contributed by atoms with Crippen LogP contribution in [-0.2, 0) is 0 Å². The SMILES string of the molecule is [N-]=[N+]=N/N=C\F. The summed E-state index contributed by atoms with van der Waals surface area (Å²) in [6.45, 7) is -0.0836. The van der Waals surface area contributed by atoms with E-state index in [9.17, 15) is 4.39 Å². The van der Waals surface area contributed by atoms with Gasteiger partial charge >= 0.3 is 0 Å². The number of hydrogen-bond acceptors (Lipinski definition) is 1. The highest BCUT2D eigenvalue weighted by Gasteiger charge is 1.57. The number of halogens is 1. The molecule has 0 saturated carbocycles. The molecule has 0 aliphatic heterocycles. The van der Waals surface area contributed by atoms with E-state index in [1.54, 1.807) is 0 Å². The number of nitrogens with zero attached hydrogens (tertiary/aromatic N) is 4. The molecule has 0 unspecified atom stereocenters. The van der Waals surface area contributed by atoms with Crippen LogP contribution in [0.2, 0.25) is 0 Å². The fourth-order valence-electron chi connectivity index (χ4n) is 0.0426. The summed E-state index contributed by atoms with van der Waals surface area (Å²) in [6.07, 6.45) is 0. The lowest BCUT2D eigenvalue weighted by atomic mass is 11.6. The van der Waals surface area contributed by atoms with Crippen LogP contribution in [0, 0.1) is 0 Å². The van der Waals surface area contributed by atoms with Gasteiger partial charge in [-0.3, -0.25) is 0 Å². The maximum Gasteiger partial charge on any atom is 0.290 e. The van der Waals surface area contributed by atoms with Gasteiger partial charge in [0, 0.05) is 5.22 Å². The average molecular weight is 88.0 g/mol. The second-order valence-corrected chi connectivity index (χ2v) is 0.392. The van der Waals surface area contributed by atoms with Gasteiger partial charge in [0.15, 0.2) is 0 Å². The minimum atomic E-state index is -0.0836. The second-order valence-electron chi connectivity index (χ2n) is 0.392. The van der Waals surface area contributed by atoms with Crippen LogP contribution in [0.5, 0.6) is 0 Å². The molecule has 0 saturated heterocycles. The van der Waals surface area contributed by atoms with Gasteiger partial charge < -0.3 is 0 Å². The molecule has 0 bridgehead atoms. The van der Waals surface area contributed by atoms with Crippen molar-refractivity contribution in [3.63, 3.8) is 0 Å². The van der Waals surface area contributed by atoms with E-state index in [0.717, 1.165) is 0 Å². The monoisotopic (exact) mass is 88.0 g/mol. The summed E-state index contributed by atoms with van der Waals surface area (Å²) < 4.78 is 10.6. The predicted molar refractivity (Wildman–Crippen MR) is 18.7 cm³/mol. The van der Waals surface area contributed by atoms with E-state index in [2.05, 4.69) is 15.2 Å². The molecule has 0 amide bonds. The molecule has 0 aliphatic carbocycles. The minimum Gasteiger partial charge on any atom is -0.165 e. The Hall–Kier alpha value is -1.09. The van der Waals surface area contributed by atoms with Crippen molar-refractivity contribution in [1.82, 2.24) is 0 Å². The lowest BCUT2D eigenvalue weighted by Gasteiger charge is -1.49. The molecule has 6 heavy (non-hydrogen) atoms. The summed E-state index contributed by atoms with van der Waals surface area (Å²) in [5.74, 6) is 0. The van der Waals surface area contributed by atoms with Crippen LogP contribution in [0.3, 0.4) is 0 Å². The van der Waals surface area contributed by atoms with E-state index in [1.165, 1.54) is 0 Å². The van der Waals surface area contributed by atoms with Crippen LogP contribution < -0.4 is 0 Å². The van der Waals surface area contributed by atoms with Crippen molar-refractivity contribution in [3.05, 3.63) is 10.4 Å². The maximum absolute atomic E-state index is 10.6. The molecule has 32 valence electrons. The molecule has 0 rings (SSSR count). The minimum absolute atomic E-state index is 0.0836. The van der Waals surface area contributed by atoms with Crippen LogP contribution >= 0.6 is 0 Å². The molecule has 0 atom stereocenters. The van der Waals surface area contributed by atoms with E-state index in [0.29, 0.717) is 0 Å². The van der Waals surface area contributed by atoms with E-state index in [-0.39, 0.29) is 6.47 Å². The Labute approximate surface area is 32.9 Å². The first-order valence-electron chi connectivity index (χ1n) is 1.08. The standard InChI is InChI=1S/CHFN4/c2-1-4-6-5-3/h1H/b4-1-. The number of hydrogen-bond donors (Lipinski definition) is 0. The van der Waals surface area contributed by atoms with Crippen molar-refractivity contribution in [2.24, 2.45) is 10.3 Å². The summed E-state index contributed by atoms with van der Waals surface area (Å²) in [5, 5.41) is 4.97. The van der Waals surface area contributed by atoms with Gasteiger partial charge in [0.2, 0.25) is 0 Å². The fraction of sp³-hybridized carbons (Fsp3) is 0. The summed E-state index contributed by atoms with van der Waals surface area (Å²) >= 11 is 0. The Morgan fingerprint density at radius 1 is 1.83 bits per heavy atom. The molecule has 0 aromatic rings. The van der Waals surface area contributed by atoms with Crippen molar-refractivity contribution >= 4 is 6.47 Å². The van der Waals surface area contributed by atoms with Gasteiger partial charge in [-0.25, -0.2) is 0 Å². The molecule has 0 radical (unpaired) electrons. The van der Waals surface area contributed by atoms with Crippen molar-refractivity contribution in [2.45, 2.75) is 0 Å². The number of rotatable bonds is 1. The quantitative estimate of drug-likeness (QED) is 0.152. The zero-order valence-electron chi connectivity index (χ0n) is 2.74. The highest BCUT2D eigenvalue weighted by atomic mass is 19.1. The average Bonchev–Trinajstić information content (AvgIpc) is 1.61. The first kappa shape index (κ1) is 4.91. The van der Waals surface area contributed by atoms with Gasteiger partial charge in [0.25, 0.3) is 6.47 Å². The van der Waals surface area contributed by atoms with Gasteiger partial charge in [-0.15, -0.1) is 5.53 Å². The normalized spacial score (nSPS) is 8.17. The topological polar surface area (TPSA) is 61.1 Å². The van der Waals surface area contributed by atoms with E-state index < -0.39 is 0 Å². The van der Waals surface area contributed by atoms with Gasteiger partial charge in [-0.05, 0) is 5.10 Å². The maximum atomic E-state index is 10.6. The third kappa shape index (κ3) is 2.91. The molecule has 5 heteroatoms. The Balaban J connectivity index is 3.33. The third-order valence-corrected chi connectivity index (χ3v) is 0.135. The van der Waals surface area contributed by atoms with Crippen LogP contribution in [-0.4, -0.2) is 6.47 Å². The van der Waals surface area contributed by atoms with Crippen molar-refractivity contribution in [2.75, 3.05) is 0 Å². The first-order chi connectivity index (χ1) is 2.91. The third-order valence-electron chi connectivity index (χ3n) is 0.135. The Morgan fingerprint density at radius 3 is 2.67 bits per heavy atom. The van der Waals surface area contributed by atoms with Crippen LogP contribution in [0.1, 0.15) is 0 Å². The molecule has 0 fully saturated rings. The summed E-state index contributed by atoms with van der Waals surface area (Å²) in [7, 11) is 0. The van der Waals surface area contributed by atoms with Crippen molar-refractivity contribution in [1.29, 1.82) is 0 Å². The zero-order valence-corrected chi connectivity index (χ0v) is 2.74. The fourth-order valence-corrected chi connectivity index (χ4v) is 0.0426. The van der Waals surface area contributed by atoms with Crippen molar-refractivity contribution in [3.8, 4) is 0 Å². The molecule has 0 N–H and O–H groups in total. The Bertz CT molecular complexity index is 89.7. The van der Waals surface area contributed by atoms with Crippen LogP contribution in [0.25, 0.3) is 10.4 Å². The van der Waals surface area contributed by atoms with Gasteiger partial charge in [-0.2, -0.15) is 9.30 Å². The summed E-state index contributed by atoms with van der Waals surface area (Å²) in [4.78, 5) is 2.11. The highest BCUT2D eigenvalue weighted by Crippen LogP contribution is 1.66. The molecular weight excluding hydrogens is 87.0 g/mol. The first-order valence-corrected chi connectivity index (χ1v) is 1.08. The predicted octanol–water partition coefficient (Wildman–Crippen LogP) is 1.21. The molecule has 0 spiro atoms. The van der Waals surface area contributed by atoms with E-state index >= 15 is 0 Å². The van der Waals surface area contributed by atoms with Crippen LogP contribution in [0.4, 0.5) is 4.39 Å². The second kappa shape index (κ2) is 3.91. The molecule has 0 aromatic carbocycles. The zero-order chi connectivity index (χ0) is 4.83. The highest BCUT2D eigenvalue weighted by molar-refractivity contribution is 5.43. The lowest BCUT2D eigenvalue weighted by molar-refractivity contribution is 0.831. The van der Waals surface area contributed by atoms with Crippen LogP contribution in [0.15, 0.2) is 10.3 Å². The molecule has 0 aliphatic rings. The smallest absolute Gasteiger partial charge is 0.165 e. The Kier molecular flexibility index (Phi) is 3.20. The summed E-state index contributed by atoms with van der Waals surface area (Å²) in [6, 6.07) is 0. The van der Waals surface area contributed by atoms with Gasteiger partial charge in [0.1, 0.15) is 0 Å². The largest absolute Gasteiger partial charge is 0.290 e. The van der Waals surface area contributed by atoms with Gasteiger partial charge in [-0.1, -0.05) is 0 Å². The molecule has 0 heterocycles. The molecule has 0 aromatic heterocycles. The molecule has 4 nitrogen and oxygen atoms in total.